The number of nitrogens with zero attached hydrogens (tertiary/aromatic N) is 4. The first-order valence-corrected chi connectivity index (χ1v) is 9.79. The Morgan fingerprint density at radius 1 is 1.30 bits per heavy atom. The molecule has 1 unspecified atom stereocenters. The zero-order valence-electron chi connectivity index (χ0n) is 15.2. The van der Waals surface area contributed by atoms with E-state index in [-0.39, 0.29) is 6.54 Å². The zero-order chi connectivity index (χ0) is 21.0. The molecule has 4 heterocycles. The monoisotopic (exact) mass is 436 g/mol. The third-order valence-electron chi connectivity index (χ3n) is 4.99. The number of benzene rings is 1. The number of H-pyrrole nitrogens is 1. The van der Waals surface area contributed by atoms with E-state index in [1.165, 1.54) is 22.6 Å². The summed E-state index contributed by atoms with van der Waals surface area (Å²) in [6.07, 6.45) is -4.59. The molecular formula is C18H15F3N6O2S. The highest BCUT2D eigenvalue weighted by Gasteiger charge is 2.45. The Morgan fingerprint density at radius 3 is 2.87 bits per heavy atom. The molecular weight excluding hydrogens is 421 g/mol. The number of anilines is 1. The van der Waals surface area contributed by atoms with E-state index in [0.717, 1.165) is 15.9 Å². The van der Waals surface area contributed by atoms with Crippen molar-refractivity contribution in [2.24, 2.45) is 0 Å². The summed E-state index contributed by atoms with van der Waals surface area (Å²) in [6, 6.07) is 6.16. The van der Waals surface area contributed by atoms with Crippen LogP contribution in [0, 0.1) is 0 Å². The van der Waals surface area contributed by atoms with Crippen LogP contribution < -0.4 is 5.73 Å². The van der Waals surface area contributed by atoms with Crippen molar-refractivity contribution in [3.05, 3.63) is 58.4 Å². The molecule has 0 saturated heterocycles. The summed E-state index contributed by atoms with van der Waals surface area (Å²) in [5, 5.41) is 11.5. The number of thiazole rings is 1. The number of imidazole rings is 1. The fourth-order valence-corrected chi connectivity index (χ4v) is 4.79. The van der Waals surface area contributed by atoms with Crippen LogP contribution in [0.3, 0.4) is 0 Å². The van der Waals surface area contributed by atoms with E-state index in [2.05, 4.69) is 19.9 Å². The number of para-hydroxylation sites is 1. The third kappa shape index (κ3) is 3.04. The van der Waals surface area contributed by atoms with Crippen molar-refractivity contribution < 1.29 is 22.7 Å². The molecule has 1 aliphatic heterocycles. The summed E-state index contributed by atoms with van der Waals surface area (Å²) >= 11 is 1.39. The summed E-state index contributed by atoms with van der Waals surface area (Å²) in [4.78, 5) is 16.7. The van der Waals surface area contributed by atoms with Gasteiger partial charge in [0.05, 0.1) is 22.2 Å². The smallest absolute Gasteiger partial charge is 0.424 e. The van der Waals surface area contributed by atoms with Crippen molar-refractivity contribution in [3.63, 3.8) is 0 Å². The number of hydrogen-bond donors (Lipinski definition) is 3. The van der Waals surface area contributed by atoms with Gasteiger partial charge in [-0.05, 0) is 12.1 Å². The number of hydrogen-bond acceptors (Lipinski definition) is 8. The molecule has 4 aromatic rings. The Balaban J connectivity index is 1.62. The van der Waals surface area contributed by atoms with Crippen LogP contribution in [0.4, 0.5) is 19.2 Å². The molecule has 0 bridgehead atoms. The number of halogens is 3. The normalized spacial score (nSPS) is 18.6. The van der Waals surface area contributed by atoms with E-state index in [4.69, 9.17) is 10.2 Å². The first-order valence-electron chi connectivity index (χ1n) is 8.97. The lowest BCUT2D eigenvalue weighted by Gasteiger charge is -2.36. The second-order valence-corrected chi connectivity index (χ2v) is 7.88. The minimum atomic E-state index is -4.82. The molecule has 0 radical (unpaired) electrons. The van der Waals surface area contributed by atoms with Gasteiger partial charge in [0.2, 0.25) is 0 Å². The molecule has 156 valence electrons. The van der Waals surface area contributed by atoms with E-state index < -0.39 is 35.9 Å². The second kappa shape index (κ2) is 6.79. The minimum Gasteiger partial charge on any atom is -0.424 e. The molecule has 1 aliphatic rings. The van der Waals surface area contributed by atoms with Crippen LogP contribution in [0.1, 0.15) is 40.1 Å². The lowest BCUT2D eigenvalue weighted by Crippen LogP contribution is -2.39. The van der Waals surface area contributed by atoms with E-state index >= 15 is 0 Å². The topological polar surface area (TPSA) is 117 Å². The molecule has 0 saturated carbocycles. The lowest BCUT2D eigenvalue weighted by molar-refractivity contribution is -0.145. The third-order valence-corrected chi connectivity index (χ3v) is 6.08. The van der Waals surface area contributed by atoms with Gasteiger partial charge in [0.25, 0.3) is 6.01 Å². The molecule has 8 nitrogen and oxygen atoms in total. The van der Waals surface area contributed by atoms with Crippen LogP contribution >= 0.6 is 11.3 Å². The van der Waals surface area contributed by atoms with E-state index in [1.54, 1.807) is 0 Å². The molecule has 2 atom stereocenters. The van der Waals surface area contributed by atoms with Crippen molar-refractivity contribution in [1.29, 1.82) is 0 Å². The largest absolute Gasteiger partial charge is 0.437 e. The average molecular weight is 436 g/mol. The molecule has 1 aromatic carbocycles. The number of fused-ring (bicyclic) bond motifs is 2. The maximum absolute atomic E-state index is 13.4. The summed E-state index contributed by atoms with van der Waals surface area (Å²) in [7, 11) is 0. The van der Waals surface area contributed by atoms with Crippen molar-refractivity contribution >= 4 is 27.6 Å². The number of rotatable bonds is 3. The van der Waals surface area contributed by atoms with Crippen LogP contribution in [-0.4, -0.2) is 36.5 Å². The van der Waals surface area contributed by atoms with Crippen LogP contribution in [0.25, 0.3) is 10.2 Å². The van der Waals surface area contributed by atoms with Crippen LogP contribution in [-0.2, 0) is 12.6 Å². The molecule has 5 rings (SSSR count). The van der Waals surface area contributed by atoms with Gasteiger partial charge >= 0.3 is 6.18 Å². The molecule has 3 aromatic heterocycles. The van der Waals surface area contributed by atoms with Gasteiger partial charge < -0.3 is 20.2 Å². The number of aliphatic hydroxyl groups excluding tert-OH is 1. The molecule has 12 heteroatoms. The Bertz CT molecular complexity index is 1180. The molecule has 0 aliphatic carbocycles. The predicted molar refractivity (Wildman–Crippen MR) is 101 cm³/mol. The van der Waals surface area contributed by atoms with Gasteiger partial charge in [-0.3, -0.25) is 4.90 Å². The fraction of sp³-hybridized carbons (Fsp3) is 0.278. The predicted octanol–water partition coefficient (Wildman–Crippen LogP) is 3.25. The molecule has 0 amide bonds. The van der Waals surface area contributed by atoms with Crippen molar-refractivity contribution in [2.75, 3.05) is 12.3 Å². The highest BCUT2D eigenvalue weighted by Crippen LogP contribution is 2.43. The number of aliphatic hydroxyl groups is 1. The van der Waals surface area contributed by atoms with Crippen LogP contribution in [0.2, 0.25) is 0 Å². The highest BCUT2D eigenvalue weighted by molar-refractivity contribution is 7.18. The summed E-state index contributed by atoms with van der Waals surface area (Å²) in [5.74, 6) is -0.745. The number of aromatic nitrogens is 4. The second-order valence-electron chi connectivity index (χ2n) is 6.81. The number of oxazole rings is 1. The van der Waals surface area contributed by atoms with Crippen LogP contribution in [0.5, 0.6) is 0 Å². The van der Waals surface area contributed by atoms with Gasteiger partial charge in [-0.25, -0.2) is 9.97 Å². The number of nitrogens with one attached hydrogen (secondary N) is 1. The number of aromatic amines is 1. The molecule has 30 heavy (non-hydrogen) atoms. The van der Waals surface area contributed by atoms with E-state index in [0.29, 0.717) is 17.1 Å². The Kier molecular flexibility index (Phi) is 4.31. The summed E-state index contributed by atoms with van der Waals surface area (Å²) in [6.45, 7) is 0.245. The molecule has 0 fully saturated rings. The van der Waals surface area contributed by atoms with Crippen molar-refractivity contribution in [3.8, 4) is 0 Å². The van der Waals surface area contributed by atoms with E-state index in [1.807, 2.05) is 24.3 Å². The first-order chi connectivity index (χ1) is 14.3. The minimum absolute atomic E-state index is 0.245. The van der Waals surface area contributed by atoms with Gasteiger partial charge in [0.15, 0.2) is 17.7 Å². The average Bonchev–Trinajstić information content (AvgIpc) is 3.43. The summed E-state index contributed by atoms with van der Waals surface area (Å²) in [5.41, 5.74) is 6.22. The fourth-order valence-electron chi connectivity index (χ4n) is 3.70. The SMILES string of the molecule is Nc1nc(C(F)(F)F)c(C(O)N2CCc3[nH]cnc3[C@H]2c2nc3ccccc3s2)o1. The summed E-state index contributed by atoms with van der Waals surface area (Å²) < 4.78 is 46.1. The van der Waals surface area contributed by atoms with Gasteiger partial charge in [-0.2, -0.15) is 18.2 Å². The van der Waals surface area contributed by atoms with Gasteiger partial charge in [0.1, 0.15) is 11.0 Å². The first kappa shape index (κ1) is 19.0. The van der Waals surface area contributed by atoms with Crippen LogP contribution in [0.15, 0.2) is 35.0 Å². The number of alkyl halides is 3. The standard InChI is InChI=1S/C18H15F3N6O2S/c19-18(20,21)14-13(29-17(22)26-14)16(28)27-6-5-9-11(24-7-23-9)12(27)15-25-8-3-1-2-4-10(8)30-15/h1-4,7,12,16,28H,5-6H2,(H2,22,26)(H,23,24)/t12-,16?/m0/s1. The number of nitrogen functional groups attached to an aromatic ring is 1. The number of nitrogens with two attached hydrogens (primary N) is 1. The maximum Gasteiger partial charge on any atom is 0.437 e. The van der Waals surface area contributed by atoms with Gasteiger partial charge in [0, 0.05) is 18.7 Å². The Labute approximate surface area is 171 Å². The quantitative estimate of drug-likeness (QED) is 0.451. The molecule has 0 spiro atoms. The van der Waals surface area contributed by atoms with Crippen molar-refractivity contribution in [2.45, 2.75) is 24.9 Å². The Hall–Kier alpha value is -2.96. The van der Waals surface area contributed by atoms with Crippen molar-refractivity contribution in [1.82, 2.24) is 24.8 Å². The molecule has 4 N–H and O–H groups in total. The van der Waals surface area contributed by atoms with Gasteiger partial charge in [-0.1, -0.05) is 12.1 Å². The lowest BCUT2D eigenvalue weighted by atomic mass is 10.0. The Morgan fingerprint density at radius 2 is 2.10 bits per heavy atom. The zero-order valence-corrected chi connectivity index (χ0v) is 16.0. The highest BCUT2D eigenvalue weighted by atomic mass is 32.1. The van der Waals surface area contributed by atoms with Gasteiger partial charge in [-0.15, -0.1) is 11.3 Å². The maximum atomic E-state index is 13.4. The van der Waals surface area contributed by atoms with E-state index in [9.17, 15) is 18.3 Å².